The molecule has 0 heterocycles. The molecule has 5 nitrogen and oxygen atoms in total. The zero-order valence-electron chi connectivity index (χ0n) is 23.1. The highest BCUT2D eigenvalue weighted by Gasteiger charge is 2.21. The Morgan fingerprint density at radius 1 is 0.703 bits per heavy atom. The maximum atomic E-state index is 12.0. The Kier molecular flexibility index (Phi) is 15.6. The van der Waals surface area contributed by atoms with E-state index in [1.807, 2.05) is 37.3 Å². The van der Waals surface area contributed by atoms with Crippen molar-refractivity contribution in [2.24, 2.45) is 0 Å². The van der Waals surface area contributed by atoms with Gasteiger partial charge in [0.05, 0.1) is 6.61 Å². The first-order chi connectivity index (χ1) is 17.9. The van der Waals surface area contributed by atoms with Crippen LogP contribution in [0.15, 0.2) is 47.4 Å². The third-order valence-corrected chi connectivity index (χ3v) is 7.75. The van der Waals surface area contributed by atoms with Gasteiger partial charge in [0.2, 0.25) is 0 Å². The monoisotopic (exact) mass is 532 g/mol. The molecule has 208 valence electrons. The lowest BCUT2D eigenvalue weighted by Crippen LogP contribution is -2.09. The fourth-order valence-electron chi connectivity index (χ4n) is 4.61. The van der Waals surface area contributed by atoms with Crippen molar-refractivity contribution in [1.82, 2.24) is 0 Å². The predicted molar refractivity (Wildman–Crippen MR) is 152 cm³/mol. The van der Waals surface area contributed by atoms with Gasteiger partial charge in [-0.1, -0.05) is 127 Å². The van der Waals surface area contributed by atoms with Gasteiger partial charge in [0, 0.05) is 12.2 Å². The minimum atomic E-state index is -4.39. The van der Waals surface area contributed by atoms with Gasteiger partial charge in [0.25, 0.3) is 10.1 Å². The van der Waals surface area contributed by atoms with Crippen molar-refractivity contribution in [2.45, 2.75) is 122 Å². The number of unbranched alkanes of at least 4 members (excludes halogenated alkanes) is 13. The minimum Gasteiger partial charge on any atom is -0.488 e. The Balaban J connectivity index is 1.68. The van der Waals surface area contributed by atoms with Crippen molar-refractivity contribution in [1.29, 1.82) is 0 Å². The van der Waals surface area contributed by atoms with Gasteiger partial charge in [0.15, 0.2) is 0 Å². The summed E-state index contributed by atoms with van der Waals surface area (Å²) in [7, 11) is -4.39. The Bertz CT molecular complexity index is 973. The van der Waals surface area contributed by atoms with E-state index >= 15 is 0 Å². The topological polar surface area (TPSA) is 72.8 Å². The van der Waals surface area contributed by atoms with E-state index in [0.29, 0.717) is 24.5 Å². The molecular formula is C31H48O5S. The third-order valence-electron chi connectivity index (χ3n) is 6.81. The molecule has 0 aliphatic heterocycles. The zero-order chi connectivity index (χ0) is 26.8. The van der Waals surface area contributed by atoms with Crippen molar-refractivity contribution >= 4 is 10.1 Å². The second kappa shape index (κ2) is 18.4. The molecule has 1 N–H and O–H groups in total. The van der Waals surface area contributed by atoms with Crippen LogP contribution in [0.25, 0.3) is 0 Å². The SMILES string of the molecule is CCCCCCCCCCCCCCCCOCc1c(S(=O)(=O)O)ccc(C)c1OCc1ccccc1. The second-order valence-electron chi connectivity index (χ2n) is 10.1. The summed E-state index contributed by atoms with van der Waals surface area (Å²) in [6, 6.07) is 12.8. The molecule has 2 rings (SSSR count). The summed E-state index contributed by atoms with van der Waals surface area (Å²) in [5.41, 5.74) is 2.16. The summed E-state index contributed by atoms with van der Waals surface area (Å²) in [4.78, 5) is -0.151. The van der Waals surface area contributed by atoms with Gasteiger partial charge in [-0.3, -0.25) is 4.55 Å². The van der Waals surface area contributed by atoms with Crippen molar-refractivity contribution < 1.29 is 22.4 Å². The molecule has 0 radical (unpaired) electrons. The molecule has 0 bridgehead atoms. The maximum Gasteiger partial charge on any atom is 0.295 e. The molecule has 0 saturated carbocycles. The number of hydrogen-bond acceptors (Lipinski definition) is 4. The lowest BCUT2D eigenvalue weighted by atomic mass is 10.0. The number of ether oxygens (including phenoxy) is 2. The van der Waals surface area contributed by atoms with Gasteiger partial charge in [-0.25, -0.2) is 0 Å². The van der Waals surface area contributed by atoms with E-state index < -0.39 is 10.1 Å². The first-order valence-corrected chi connectivity index (χ1v) is 15.7. The van der Waals surface area contributed by atoms with E-state index in [4.69, 9.17) is 9.47 Å². The standard InChI is InChI=1S/C31H48O5S/c1-3-4-5-6-7-8-9-10-11-12-13-14-15-19-24-35-26-29-30(37(32,33)34)23-22-27(2)31(29)36-25-28-20-17-16-18-21-28/h16-18,20-23H,3-15,19,24-26H2,1-2H3,(H,32,33,34). The summed E-state index contributed by atoms with van der Waals surface area (Å²) in [6.45, 7) is 5.07. The van der Waals surface area contributed by atoms with E-state index in [1.54, 1.807) is 6.07 Å². The quantitative estimate of drug-likeness (QED) is 0.128. The highest BCUT2D eigenvalue weighted by atomic mass is 32.2. The van der Waals surface area contributed by atoms with Gasteiger partial charge in [-0.2, -0.15) is 8.42 Å². The molecule has 37 heavy (non-hydrogen) atoms. The van der Waals surface area contributed by atoms with Crippen molar-refractivity contribution in [2.75, 3.05) is 6.61 Å². The zero-order valence-corrected chi connectivity index (χ0v) is 23.9. The van der Waals surface area contributed by atoms with E-state index in [0.717, 1.165) is 24.0 Å². The van der Waals surface area contributed by atoms with Crippen molar-refractivity contribution in [3.8, 4) is 5.75 Å². The average Bonchev–Trinajstić information content (AvgIpc) is 2.88. The molecule has 0 spiro atoms. The fraction of sp³-hybridized carbons (Fsp3) is 0.613. The van der Waals surface area contributed by atoms with Crippen LogP contribution in [0.4, 0.5) is 0 Å². The molecule has 0 amide bonds. The molecule has 0 aromatic heterocycles. The van der Waals surface area contributed by atoms with Crippen LogP contribution in [-0.2, 0) is 28.1 Å². The average molecular weight is 533 g/mol. The number of rotatable bonds is 21. The van der Waals surface area contributed by atoms with Gasteiger partial charge < -0.3 is 9.47 Å². The lowest BCUT2D eigenvalue weighted by molar-refractivity contribution is 0.112. The highest BCUT2D eigenvalue weighted by Crippen LogP contribution is 2.31. The van der Waals surface area contributed by atoms with Crippen LogP contribution in [-0.4, -0.2) is 19.6 Å². The maximum absolute atomic E-state index is 12.0. The van der Waals surface area contributed by atoms with Crippen LogP contribution in [0, 0.1) is 6.92 Å². The summed E-state index contributed by atoms with van der Waals surface area (Å²) in [5.74, 6) is 0.458. The lowest BCUT2D eigenvalue weighted by Gasteiger charge is -2.17. The van der Waals surface area contributed by atoms with E-state index in [1.165, 1.54) is 83.1 Å². The summed E-state index contributed by atoms with van der Waals surface area (Å²) in [5, 5.41) is 0. The van der Waals surface area contributed by atoms with E-state index in [9.17, 15) is 13.0 Å². The Hall–Kier alpha value is -1.89. The summed E-state index contributed by atoms with van der Waals surface area (Å²) < 4.78 is 45.7. The van der Waals surface area contributed by atoms with Crippen molar-refractivity contribution in [3.63, 3.8) is 0 Å². The predicted octanol–water partition coefficient (Wildman–Crippen LogP) is 8.82. The van der Waals surface area contributed by atoms with Gasteiger partial charge in [-0.15, -0.1) is 0 Å². The smallest absolute Gasteiger partial charge is 0.295 e. The van der Waals surface area contributed by atoms with Gasteiger partial charge >= 0.3 is 0 Å². The molecule has 6 heteroatoms. The van der Waals surface area contributed by atoms with E-state index in [-0.39, 0.29) is 11.5 Å². The highest BCUT2D eigenvalue weighted by molar-refractivity contribution is 7.85. The van der Waals surface area contributed by atoms with Crippen LogP contribution in [0.3, 0.4) is 0 Å². The molecule has 0 atom stereocenters. The molecular weight excluding hydrogens is 484 g/mol. The molecule has 0 saturated heterocycles. The van der Waals surface area contributed by atoms with Crippen molar-refractivity contribution in [3.05, 3.63) is 59.2 Å². The molecule has 0 aliphatic rings. The normalized spacial score (nSPS) is 11.6. The third kappa shape index (κ3) is 13.0. The van der Waals surface area contributed by atoms with E-state index in [2.05, 4.69) is 6.92 Å². The molecule has 2 aromatic rings. The van der Waals surface area contributed by atoms with Crippen LogP contribution < -0.4 is 4.74 Å². The van der Waals surface area contributed by atoms with Crippen LogP contribution in [0.5, 0.6) is 5.75 Å². The van der Waals surface area contributed by atoms with Crippen LogP contribution in [0.2, 0.25) is 0 Å². The molecule has 0 fully saturated rings. The largest absolute Gasteiger partial charge is 0.488 e. The second-order valence-corrected chi connectivity index (χ2v) is 11.5. The first-order valence-electron chi connectivity index (χ1n) is 14.3. The first kappa shape index (κ1) is 31.3. The number of aryl methyl sites for hydroxylation is 1. The van der Waals surface area contributed by atoms with Crippen LogP contribution in [0.1, 0.15) is 114 Å². The van der Waals surface area contributed by atoms with Crippen LogP contribution >= 0.6 is 0 Å². The number of benzene rings is 2. The van der Waals surface area contributed by atoms with Gasteiger partial charge in [-0.05, 0) is 30.5 Å². The molecule has 2 aromatic carbocycles. The number of hydrogen-bond donors (Lipinski definition) is 1. The Labute approximate surface area is 225 Å². The Morgan fingerprint density at radius 3 is 1.78 bits per heavy atom. The fourth-order valence-corrected chi connectivity index (χ4v) is 5.31. The molecule has 0 unspecified atom stereocenters. The minimum absolute atomic E-state index is 0.0827. The summed E-state index contributed by atoms with van der Waals surface area (Å²) >= 11 is 0. The Morgan fingerprint density at radius 2 is 1.24 bits per heavy atom. The summed E-state index contributed by atoms with van der Waals surface area (Å²) in [6.07, 6.45) is 18.2. The van der Waals surface area contributed by atoms with Gasteiger partial charge in [0.1, 0.15) is 17.3 Å². The molecule has 0 aliphatic carbocycles.